The molecule has 4 aromatic rings. The highest BCUT2D eigenvalue weighted by Crippen LogP contribution is 2.31. The van der Waals surface area contributed by atoms with E-state index in [0.29, 0.717) is 0 Å². The summed E-state index contributed by atoms with van der Waals surface area (Å²) in [6.45, 7) is 0. The van der Waals surface area contributed by atoms with Crippen molar-refractivity contribution in [3.8, 4) is 21.6 Å². The van der Waals surface area contributed by atoms with Crippen molar-refractivity contribution in [3.05, 3.63) is 85.3 Å². The average Bonchev–Trinajstić information content (AvgIpc) is 3.12. The van der Waals surface area contributed by atoms with E-state index in [4.69, 9.17) is 0 Å². The molecule has 2 aromatic carbocycles. The minimum absolute atomic E-state index is 0. The van der Waals surface area contributed by atoms with Gasteiger partial charge < -0.3 is 5.32 Å². The Morgan fingerprint density at radius 3 is 2.16 bits per heavy atom. The molecule has 25 heavy (non-hydrogen) atoms. The number of thiazole rings is 1. The predicted octanol–water partition coefficient (Wildman–Crippen LogP) is 6.19. The fourth-order valence-corrected chi connectivity index (χ4v) is 3.33. The molecule has 2 aromatic heterocycles. The Kier molecular flexibility index (Phi) is 5.58. The van der Waals surface area contributed by atoms with Crippen molar-refractivity contribution in [1.82, 2.24) is 9.97 Å². The lowest BCUT2D eigenvalue weighted by atomic mass is 10.0. The van der Waals surface area contributed by atoms with Gasteiger partial charge in [-0.05, 0) is 28.8 Å². The van der Waals surface area contributed by atoms with Crippen LogP contribution >= 0.6 is 28.3 Å². The van der Waals surface area contributed by atoms with E-state index in [0.717, 1.165) is 15.7 Å². The first kappa shape index (κ1) is 17.3. The van der Waals surface area contributed by atoms with Crippen LogP contribution in [-0.2, 0) is 0 Å². The number of pyridine rings is 1. The number of rotatable bonds is 4. The highest BCUT2D eigenvalue weighted by atomic mass is 79.9. The molecule has 0 amide bonds. The molecule has 3 nitrogen and oxygen atoms in total. The molecule has 0 spiro atoms. The molecule has 0 bridgehead atoms. The van der Waals surface area contributed by atoms with Gasteiger partial charge in [0.1, 0.15) is 0 Å². The molecule has 0 aliphatic rings. The molecule has 2 heterocycles. The van der Waals surface area contributed by atoms with E-state index in [1.54, 1.807) is 23.7 Å². The lowest BCUT2D eigenvalue weighted by Gasteiger charge is -2.03. The van der Waals surface area contributed by atoms with Crippen LogP contribution in [0.1, 0.15) is 0 Å². The zero-order valence-electron chi connectivity index (χ0n) is 13.3. The summed E-state index contributed by atoms with van der Waals surface area (Å²) in [4.78, 5) is 9.69. The van der Waals surface area contributed by atoms with Crippen LogP contribution in [-0.4, -0.2) is 9.97 Å². The normalized spacial score (nSPS) is 10.1. The van der Waals surface area contributed by atoms with E-state index < -0.39 is 0 Å². The smallest absolute Gasteiger partial charge is 0.187 e. The Morgan fingerprint density at radius 2 is 1.44 bits per heavy atom. The summed E-state index contributed by atoms with van der Waals surface area (Å²) >= 11 is 1.63. The maximum atomic E-state index is 4.45. The van der Waals surface area contributed by atoms with E-state index in [1.165, 1.54) is 16.7 Å². The maximum Gasteiger partial charge on any atom is 0.187 e. The quantitative estimate of drug-likeness (QED) is 0.436. The molecular formula is C20H16BrN3S. The van der Waals surface area contributed by atoms with Crippen molar-refractivity contribution in [2.24, 2.45) is 0 Å². The third kappa shape index (κ3) is 4.13. The molecule has 124 valence electrons. The van der Waals surface area contributed by atoms with E-state index in [-0.39, 0.29) is 17.0 Å². The summed E-state index contributed by atoms with van der Waals surface area (Å²) in [7, 11) is 0. The van der Waals surface area contributed by atoms with Crippen LogP contribution in [0.5, 0.6) is 0 Å². The standard InChI is InChI=1S/C20H15N3S.BrH/c1-2-5-15(6-3-1)16-8-10-17(11-9-16)19-14-22-20(24-19)23-18-7-4-12-21-13-18;/h1-14H,(H,22,23);1H. The first-order valence-corrected chi connectivity index (χ1v) is 8.49. The monoisotopic (exact) mass is 409 g/mol. The van der Waals surface area contributed by atoms with Gasteiger partial charge in [0.25, 0.3) is 0 Å². The second-order valence-corrected chi connectivity index (χ2v) is 6.37. The van der Waals surface area contributed by atoms with Gasteiger partial charge >= 0.3 is 0 Å². The molecule has 4 rings (SSSR count). The van der Waals surface area contributed by atoms with Gasteiger partial charge in [0.05, 0.1) is 16.8 Å². The molecule has 0 fully saturated rings. The number of nitrogens with one attached hydrogen (secondary N) is 1. The highest BCUT2D eigenvalue weighted by molar-refractivity contribution is 8.93. The first-order valence-electron chi connectivity index (χ1n) is 7.67. The van der Waals surface area contributed by atoms with Gasteiger partial charge in [0, 0.05) is 12.4 Å². The van der Waals surface area contributed by atoms with E-state index in [2.05, 4.69) is 63.8 Å². The molecule has 0 atom stereocenters. The topological polar surface area (TPSA) is 37.8 Å². The number of halogens is 1. The summed E-state index contributed by atoms with van der Waals surface area (Å²) in [6, 6.07) is 22.9. The SMILES string of the molecule is Br.c1ccc(-c2ccc(-c3cnc(Nc4cccnc4)s3)cc2)cc1. The largest absolute Gasteiger partial charge is 0.330 e. The summed E-state index contributed by atoms with van der Waals surface area (Å²) in [5.74, 6) is 0. The number of hydrogen-bond acceptors (Lipinski definition) is 4. The highest BCUT2D eigenvalue weighted by Gasteiger charge is 2.05. The van der Waals surface area contributed by atoms with Crippen molar-refractivity contribution < 1.29 is 0 Å². The van der Waals surface area contributed by atoms with E-state index in [9.17, 15) is 0 Å². The summed E-state index contributed by atoms with van der Waals surface area (Å²) in [5.41, 5.74) is 4.56. The molecule has 0 radical (unpaired) electrons. The number of benzene rings is 2. The predicted molar refractivity (Wildman–Crippen MR) is 111 cm³/mol. The molecule has 5 heteroatoms. The first-order chi connectivity index (χ1) is 11.9. The number of anilines is 2. The van der Waals surface area contributed by atoms with Crippen LogP contribution in [0.2, 0.25) is 0 Å². The molecule has 0 aliphatic carbocycles. The second-order valence-electron chi connectivity index (χ2n) is 5.34. The lowest BCUT2D eigenvalue weighted by molar-refractivity contribution is 1.31. The van der Waals surface area contributed by atoms with Gasteiger partial charge in [-0.1, -0.05) is 65.9 Å². The zero-order valence-corrected chi connectivity index (χ0v) is 15.8. The van der Waals surface area contributed by atoms with Crippen LogP contribution in [0, 0.1) is 0 Å². The van der Waals surface area contributed by atoms with Crippen LogP contribution in [0.3, 0.4) is 0 Å². The Labute approximate surface area is 161 Å². The molecule has 0 aliphatic heterocycles. The number of nitrogens with zero attached hydrogens (tertiary/aromatic N) is 2. The Bertz CT molecular complexity index is 922. The molecular weight excluding hydrogens is 394 g/mol. The van der Waals surface area contributed by atoms with E-state index >= 15 is 0 Å². The fourth-order valence-electron chi connectivity index (χ4n) is 2.48. The third-order valence-electron chi connectivity index (χ3n) is 3.70. The van der Waals surface area contributed by atoms with E-state index in [1.807, 2.05) is 24.4 Å². The second kappa shape index (κ2) is 8.05. The third-order valence-corrected chi connectivity index (χ3v) is 4.66. The van der Waals surface area contributed by atoms with Crippen molar-refractivity contribution in [2.45, 2.75) is 0 Å². The Balaban J connectivity index is 0.00000182. The lowest BCUT2D eigenvalue weighted by Crippen LogP contribution is -1.88. The zero-order chi connectivity index (χ0) is 16.2. The van der Waals surface area contributed by atoms with Gasteiger partial charge in [-0.25, -0.2) is 4.98 Å². The minimum atomic E-state index is 0. The Morgan fingerprint density at radius 1 is 0.720 bits per heavy atom. The number of hydrogen-bond donors (Lipinski definition) is 1. The van der Waals surface area contributed by atoms with Crippen molar-refractivity contribution in [2.75, 3.05) is 5.32 Å². The van der Waals surface area contributed by atoms with Gasteiger partial charge in [-0.15, -0.1) is 17.0 Å². The van der Waals surface area contributed by atoms with Gasteiger partial charge in [0.2, 0.25) is 0 Å². The Hall–Kier alpha value is -2.50. The fraction of sp³-hybridized carbons (Fsp3) is 0. The summed E-state index contributed by atoms with van der Waals surface area (Å²) in [6.07, 6.45) is 5.45. The van der Waals surface area contributed by atoms with Crippen LogP contribution < -0.4 is 5.32 Å². The van der Waals surface area contributed by atoms with Crippen molar-refractivity contribution in [1.29, 1.82) is 0 Å². The molecule has 0 unspecified atom stereocenters. The van der Waals surface area contributed by atoms with Crippen LogP contribution in [0.15, 0.2) is 85.3 Å². The van der Waals surface area contributed by atoms with Gasteiger partial charge in [0.15, 0.2) is 5.13 Å². The van der Waals surface area contributed by atoms with Crippen LogP contribution in [0.25, 0.3) is 21.6 Å². The molecule has 1 N–H and O–H groups in total. The van der Waals surface area contributed by atoms with Gasteiger partial charge in [-0.2, -0.15) is 0 Å². The van der Waals surface area contributed by atoms with Gasteiger partial charge in [-0.3, -0.25) is 4.98 Å². The summed E-state index contributed by atoms with van der Waals surface area (Å²) < 4.78 is 0. The van der Waals surface area contributed by atoms with Crippen molar-refractivity contribution in [3.63, 3.8) is 0 Å². The minimum Gasteiger partial charge on any atom is -0.330 e. The molecule has 0 saturated heterocycles. The summed E-state index contributed by atoms with van der Waals surface area (Å²) in [5, 5.41) is 4.14. The maximum absolute atomic E-state index is 4.45. The molecule has 0 saturated carbocycles. The average molecular weight is 410 g/mol. The van der Waals surface area contributed by atoms with Crippen molar-refractivity contribution >= 4 is 39.1 Å². The van der Waals surface area contributed by atoms with Crippen LogP contribution in [0.4, 0.5) is 10.8 Å². The number of aromatic nitrogens is 2.